The Kier molecular flexibility index (Phi) is 2.33. The third-order valence-corrected chi connectivity index (χ3v) is 3.61. The summed E-state index contributed by atoms with van der Waals surface area (Å²) >= 11 is 0. The summed E-state index contributed by atoms with van der Waals surface area (Å²) in [6.45, 7) is 5.94. The van der Waals surface area contributed by atoms with E-state index in [1.807, 2.05) is 16.7 Å². The van der Waals surface area contributed by atoms with Crippen molar-refractivity contribution in [3.63, 3.8) is 0 Å². The third kappa shape index (κ3) is 1.60. The van der Waals surface area contributed by atoms with Gasteiger partial charge in [-0.3, -0.25) is 4.57 Å². The highest BCUT2D eigenvalue weighted by Crippen LogP contribution is 2.20. The molecule has 1 aromatic carbocycles. The van der Waals surface area contributed by atoms with Gasteiger partial charge in [-0.2, -0.15) is 0 Å². The van der Waals surface area contributed by atoms with E-state index in [4.69, 9.17) is 0 Å². The second kappa shape index (κ2) is 3.74. The third-order valence-electron chi connectivity index (χ3n) is 3.61. The van der Waals surface area contributed by atoms with Crippen LogP contribution in [0, 0.1) is 5.92 Å². The van der Waals surface area contributed by atoms with E-state index in [1.54, 1.807) is 0 Å². The summed E-state index contributed by atoms with van der Waals surface area (Å²) in [7, 11) is 0. The number of H-pyrrole nitrogens is 1. The van der Waals surface area contributed by atoms with Crippen LogP contribution in [0.1, 0.15) is 19.4 Å². The molecule has 2 N–H and O–H groups in total. The van der Waals surface area contributed by atoms with E-state index < -0.39 is 0 Å². The molecule has 2 aromatic rings. The van der Waals surface area contributed by atoms with Gasteiger partial charge >= 0.3 is 5.69 Å². The number of imidazole rings is 1. The van der Waals surface area contributed by atoms with Gasteiger partial charge in [-0.25, -0.2) is 4.79 Å². The summed E-state index contributed by atoms with van der Waals surface area (Å²) in [5.41, 5.74) is 3.21. The maximum Gasteiger partial charge on any atom is 0.326 e. The molecule has 0 aliphatic carbocycles. The maximum absolute atomic E-state index is 12.0. The van der Waals surface area contributed by atoms with E-state index >= 15 is 0 Å². The van der Waals surface area contributed by atoms with Crippen LogP contribution >= 0.6 is 0 Å². The number of nitrogens with one attached hydrogen (secondary N) is 2. The fraction of sp³-hybridized carbons (Fsp3) is 0.462. The number of hydrogen-bond donors (Lipinski definition) is 2. The number of nitrogens with zero attached hydrogens (tertiary/aromatic N) is 1. The first-order valence-corrected chi connectivity index (χ1v) is 6.10. The predicted octanol–water partition coefficient (Wildman–Crippen LogP) is 1.46. The molecule has 0 fully saturated rings. The van der Waals surface area contributed by atoms with E-state index in [2.05, 4.69) is 30.2 Å². The minimum Gasteiger partial charge on any atom is -0.308 e. The topological polar surface area (TPSA) is 49.8 Å². The molecule has 17 heavy (non-hydrogen) atoms. The van der Waals surface area contributed by atoms with Crippen molar-refractivity contribution in [2.45, 2.75) is 33.0 Å². The van der Waals surface area contributed by atoms with Crippen LogP contribution in [-0.4, -0.2) is 15.6 Å². The second-order valence-corrected chi connectivity index (χ2v) is 5.09. The lowest BCUT2D eigenvalue weighted by atomic mass is 10.0. The van der Waals surface area contributed by atoms with Crippen LogP contribution in [0.15, 0.2) is 23.0 Å². The zero-order valence-electron chi connectivity index (χ0n) is 10.2. The molecule has 0 saturated carbocycles. The minimum absolute atomic E-state index is 0.00167. The van der Waals surface area contributed by atoms with Gasteiger partial charge in [-0.1, -0.05) is 26.0 Å². The molecule has 1 atom stereocenters. The molecule has 0 spiro atoms. The summed E-state index contributed by atoms with van der Waals surface area (Å²) in [5, 5.41) is 3.53. The molecule has 4 heteroatoms. The SMILES string of the molecule is CC(C)[C@H]1Cn2c(=O)[nH]c3cccc(c32)CN1. The van der Waals surface area contributed by atoms with E-state index in [1.165, 1.54) is 5.56 Å². The molecule has 1 aliphatic rings. The Bertz CT molecular complexity index is 609. The van der Waals surface area contributed by atoms with Crippen molar-refractivity contribution in [2.75, 3.05) is 0 Å². The summed E-state index contributed by atoms with van der Waals surface area (Å²) in [6, 6.07) is 6.39. The lowest BCUT2D eigenvalue weighted by molar-refractivity contribution is 0.362. The Balaban J connectivity index is 2.22. The molecule has 1 aliphatic heterocycles. The summed E-state index contributed by atoms with van der Waals surface area (Å²) in [4.78, 5) is 14.9. The van der Waals surface area contributed by atoms with Crippen molar-refractivity contribution in [1.82, 2.24) is 14.9 Å². The van der Waals surface area contributed by atoms with E-state index in [0.717, 1.165) is 24.1 Å². The maximum atomic E-state index is 12.0. The Hall–Kier alpha value is -1.55. The smallest absolute Gasteiger partial charge is 0.308 e. The van der Waals surface area contributed by atoms with Crippen molar-refractivity contribution >= 4 is 11.0 Å². The van der Waals surface area contributed by atoms with E-state index in [9.17, 15) is 4.79 Å². The molecule has 0 saturated heterocycles. The summed E-state index contributed by atoms with van der Waals surface area (Å²) in [6.07, 6.45) is 0. The second-order valence-electron chi connectivity index (χ2n) is 5.09. The van der Waals surface area contributed by atoms with Crippen LogP contribution in [0.25, 0.3) is 11.0 Å². The van der Waals surface area contributed by atoms with Crippen molar-refractivity contribution < 1.29 is 0 Å². The molecule has 90 valence electrons. The predicted molar refractivity (Wildman–Crippen MR) is 68.0 cm³/mol. The normalized spacial score (nSPS) is 19.8. The highest BCUT2D eigenvalue weighted by molar-refractivity contribution is 5.79. The standard InChI is InChI=1S/C13H17N3O/c1-8(2)11-7-16-12-9(6-14-11)4-3-5-10(12)15-13(16)17/h3-5,8,11,14H,6-7H2,1-2H3,(H,15,17)/t11-/m1/s1. The highest BCUT2D eigenvalue weighted by Gasteiger charge is 2.21. The average molecular weight is 231 g/mol. The molecular formula is C13H17N3O. The Labute approximate surface area is 99.6 Å². The molecule has 2 heterocycles. The van der Waals surface area contributed by atoms with Gasteiger partial charge in [0.1, 0.15) is 0 Å². The molecule has 4 nitrogen and oxygen atoms in total. The van der Waals surface area contributed by atoms with Gasteiger partial charge in [0.15, 0.2) is 0 Å². The van der Waals surface area contributed by atoms with Gasteiger partial charge in [-0.05, 0) is 17.5 Å². The number of aromatic amines is 1. The fourth-order valence-corrected chi connectivity index (χ4v) is 2.56. The Morgan fingerprint density at radius 2 is 2.24 bits per heavy atom. The van der Waals surface area contributed by atoms with Gasteiger partial charge in [0.2, 0.25) is 0 Å². The first kappa shape index (κ1) is 10.6. The number of rotatable bonds is 1. The molecule has 0 unspecified atom stereocenters. The fourth-order valence-electron chi connectivity index (χ4n) is 2.56. The minimum atomic E-state index is 0.00167. The van der Waals surface area contributed by atoms with Crippen molar-refractivity contribution in [1.29, 1.82) is 0 Å². The monoisotopic (exact) mass is 231 g/mol. The summed E-state index contributed by atoms with van der Waals surface area (Å²) in [5.74, 6) is 0.515. The van der Waals surface area contributed by atoms with Gasteiger partial charge in [0, 0.05) is 19.1 Å². The Morgan fingerprint density at radius 3 is 3.00 bits per heavy atom. The van der Waals surface area contributed by atoms with Crippen LogP contribution in [0.2, 0.25) is 0 Å². The first-order valence-electron chi connectivity index (χ1n) is 6.10. The molecular weight excluding hydrogens is 214 g/mol. The van der Waals surface area contributed by atoms with E-state index in [0.29, 0.717) is 12.0 Å². The lowest BCUT2D eigenvalue weighted by Crippen LogP contribution is -2.37. The number of para-hydroxylation sites is 1. The number of aromatic nitrogens is 2. The van der Waals surface area contributed by atoms with Crippen molar-refractivity contribution in [2.24, 2.45) is 5.92 Å². The van der Waals surface area contributed by atoms with Crippen LogP contribution < -0.4 is 11.0 Å². The highest BCUT2D eigenvalue weighted by atomic mass is 16.1. The van der Waals surface area contributed by atoms with Gasteiger partial charge in [0.25, 0.3) is 0 Å². The van der Waals surface area contributed by atoms with Crippen LogP contribution in [-0.2, 0) is 13.1 Å². The van der Waals surface area contributed by atoms with Crippen LogP contribution in [0.3, 0.4) is 0 Å². The first-order chi connectivity index (χ1) is 8.16. The number of benzene rings is 1. The molecule has 0 bridgehead atoms. The van der Waals surface area contributed by atoms with Crippen molar-refractivity contribution in [3.05, 3.63) is 34.2 Å². The lowest BCUT2D eigenvalue weighted by Gasteiger charge is -2.20. The van der Waals surface area contributed by atoms with Crippen molar-refractivity contribution in [3.8, 4) is 0 Å². The number of hydrogen-bond acceptors (Lipinski definition) is 2. The Morgan fingerprint density at radius 1 is 1.41 bits per heavy atom. The van der Waals surface area contributed by atoms with Crippen LogP contribution in [0.5, 0.6) is 0 Å². The van der Waals surface area contributed by atoms with E-state index in [-0.39, 0.29) is 5.69 Å². The molecule has 1 aromatic heterocycles. The molecule has 3 rings (SSSR count). The van der Waals surface area contributed by atoms with Gasteiger partial charge in [-0.15, -0.1) is 0 Å². The summed E-state index contributed by atoms with van der Waals surface area (Å²) < 4.78 is 1.87. The zero-order valence-corrected chi connectivity index (χ0v) is 10.2. The molecule has 0 amide bonds. The average Bonchev–Trinajstić information content (AvgIpc) is 2.49. The zero-order chi connectivity index (χ0) is 12.0. The van der Waals surface area contributed by atoms with Crippen LogP contribution in [0.4, 0.5) is 0 Å². The van der Waals surface area contributed by atoms with Gasteiger partial charge in [0.05, 0.1) is 11.0 Å². The molecule has 0 radical (unpaired) electrons. The largest absolute Gasteiger partial charge is 0.326 e. The van der Waals surface area contributed by atoms with Gasteiger partial charge < -0.3 is 10.3 Å². The quantitative estimate of drug-likeness (QED) is 0.780.